The molecule has 4 rings (SSSR count). The van der Waals surface area contributed by atoms with Gasteiger partial charge in [-0.2, -0.15) is 0 Å². The van der Waals surface area contributed by atoms with Crippen molar-refractivity contribution in [3.63, 3.8) is 0 Å². The molecule has 0 saturated heterocycles. The fourth-order valence-electron chi connectivity index (χ4n) is 3.06. The van der Waals surface area contributed by atoms with E-state index < -0.39 is 0 Å². The Labute approximate surface area is 188 Å². The van der Waals surface area contributed by atoms with E-state index in [2.05, 4.69) is 10.6 Å². The van der Waals surface area contributed by atoms with Gasteiger partial charge >= 0.3 is 0 Å². The molecule has 0 spiro atoms. The SMILES string of the molecule is CCC(=O)Nc1cccc(NC(=O)Cc2sc(-c3ccccc3)nc2-c2cccs2)c1. The molecule has 0 aliphatic carbocycles. The Hall–Kier alpha value is -3.29. The number of hydrogen-bond acceptors (Lipinski definition) is 5. The highest BCUT2D eigenvalue weighted by atomic mass is 32.1. The van der Waals surface area contributed by atoms with Crippen molar-refractivity contribution in [1.82, 2.24) is 4.98 Å². The molecule has 0 bridgehead atoms. The van der Waals surface area contributed by atoms with Crippen LogP contribution in [-0.2, 0) is 16.0 Å². The molecule has 5 nitrogen and oxygen atoms in total. The van der Waals surface area contributed by atoms with E-state index in [9.17, 15) is 9.59 Å². The number of thiophene rings is 1. The number of aromatic nitrogens is 1. The molecular weight excluding hydrogens is 426 g/mol. The third-order valence-electron chi connectivity index (χ3n) is 4.54. The number of hydrogen-bond donors (Lipinski definition) is 2. The standard InChI is InChI=1S/C24H21N3O2S2/c1-2-21(28)25-17-10-6-11-18(14-17)26-22(29)15-20-23(19-12-7-13-30-19)27-24(31-20)16-8-4-3-5-9-16/h3-14H,2,15H2,1H3,(H,25,28)(H,26,29). The molecule has 0 radical (unpaired) electrons. The number of benzene rings is 2. The Kier molecular flexibility index (Phi) is 6.54. The Morgan fingerprint density at radius 3 is 2.32 bits per heavy atom. The van der Waals surface area contributed by atoms with Crippen LogP contribution < -0.4 is 10.6 Å². The smallest absolute Gasteiger partial charge is 0.229 e. The van der Waals surface area contributed by atoms with Gasteiger partial charge in [0, 0.05) is 28.2 Å². The second kappa shape index (κ2) is 9.68. The summed E-state index contributed by atoms with van der Waals surface area (Å²) in [4.78, 5) is 31.3. The molecular formula is C24H21N3O2S2. The monoisotopic (exact) mass is 447 g/mol. The topological polar surface area (TPSA) is 71.1 Å². The number of carbonyl (C=O) groups excluding carboxylic acids is 2. The van der Waals surface area contributed by atoms with Gasteiger partial charge < -0.3 is 10.6 Å². The van der Waals surface area contributed by atoms with Crippen molar-refractivity contribution < 1.29 is 9.59 Å². The van der Waals surface area contributed by atoms with Crippen molar-refractivity contribution in [1.29, 1.82) is 0 Å². The number of nitrogens with zero attached hydrogens (tertiary/aromatic N) is 1. The van der Waals surface area contributed by atoms with E-state index in [4.69, 9.17) is 4.98 Å². The molecule has 0 aliphatic heterocycles. The molecule has 2 amide bonds. The van der Waals surface area contributed by atoms with Crippen LogP contribution in [0.15, 0.2) is 72.1 Å². The van der Waals surface area contributed by atoms with Gasteiger partial charge in [-0.15, -0.1) is 22.7 Å². The van der Waals surface area contributed by atoms with Crippen molar-refractivity contribution in [2.75, 3.05) is 10.6 Å². The van der Waals surface area contributed by atoms with Crippen molar-refractivity contribution in [3.05, 3.63) is 77.0 Å². The van der Waals surface area contributed by atoms with Gasteiger partial charge in [0.15, 0.2) is 0 Å². The minimum Gasteiger partial charge on any atom is -0.326 e. The van der Waals surface area contributed by atoms with Gasteiger partial charge in [0.1, 0.15) is 5.01 Å². The molecule has 0 unspecified atom stereocenters. The number of nitrogens with one attached hydrogen (secondary N) is 2. The van der Waals surface area contributed by atoms with Crippen molar-refractivity contribution in [2.24, 2.45) is 0 Å². The zero-order chi connectivity index (χ0) is 21.6. The second-order valence-corrected chi connectivity index (χ2v) is 8.87. The Morgan fingerprint density at radius 2 is 1.65 bits per heavy atom. The highest BCUT2D eigenvalue weighted by Gasteiger charge is 2.18. The van der Waals surface area contributed by atoms with Crippen LogP contribution in [0, 0.1) is 0 Å². The normalized spacial score (nSPS) is 10.6. The largest absolute Gasteiger partial charge is 0.326 e. The van der Waals surface area contributed by atoms with Gasteiger partial charge in [0.2, 0.25) is 11.8 Å². The summed E-state index contributed by atoms with van der Waals surface area (Å²) in [7, 11) is 0. The minimum atomic E-state index is -0.125. The average molecular weight is 448 g/mol. The maximum absolute atomic E-state index is 12.8. The van der Waals surface area contributed by atoms with Gasteiger partial charge in [0.25, 0.3) is 0 Å². The number of rotatable bonds is 7. The second-order valence-electron chi connectivity index (χ2n) is 6.84. The Bertz CT molecular complexity index is 1180. The summed E-state index contributed by atoms with van der Waals surface area (Å²) < 4.78 is 0. The molecule has 7 heteroatoms. The summed E-state index contributed by atoms with van der Waals surface area (Å²) >= 11 is 3.15. The molecule has 0 saturated carbocycles. The lowest BCUT2D eigenvalue weighted by atomic mass is 10.2. The van der Waals surface area contributed by atoms with Crippen LogP contribution in [0.4, 0.5) is 11.4 Å². The predicted octanol–water partition coefficient (Wildman–Crippen LogP) is 6.07. The summed E-state index contributed by atoms with van der Waals surface area (Å²) in [5.41, 5.74) is 3.20. The van der Waals surface area contributed by atoms with E-state index in [1.165, 1.54) is 0 Å². The van der Waals surface area contributed by atoms with E-state index in [1.807, 2.05) is 53.9 Å². The number of thiazole rings is 1. The lowest BCUT2D eigenvalue weighted by molar-refractivity contribution is -0.116. The molecule has 2 aromatic heterocycles. The van der Waals surface area contributed by atoms with Crippen LogP contribution in [0.1, 0.15) is 18.2 Å². The molecule has 156 valence electrons. The highest BCUT2D eigenvalue weighted by Crippen LogP contribution is 2.36. The van der Waals surface area contributed by atoms with E-state index in [-0.39, 0.29) is 18.2 Å². The molecule has 2 aromatic carbocycles. The number of carbonyl (C=O) groups is 2. The van der Waals surface area contributed by atoms with Gasteiger partial charge in [-0.05, 0) is 29.6 Å². The third-order valence-corrected chi connectivity index (χ3v) is 6.53. The van der Waals surface area contributed by atoms with Crippen LogP contribution in [0.2, 0.25) is 0 Å². The van der Waals surface area contributed by atoms with Crippen LogP contribution in [0.25, 0.3) is 21.1 Å². The lowest BCUT2D eigenvalue weighted by Gasteiger charge is -2.08. The fourth-order valence-corrected chi connectivity index (χ4v) is 4.94. The molecule has 0 aliphatic rings. The zero-order valence-corrected chi connectivity index (χ0v) is 18.6. The summed E-state index contributed by atoms with van der Waals surface area (Å²) in [6.45, 7) is 1.80. The molecule has 2 N–H and O–H groups in total. The maximum atomic E-state index is 12.8. The first-order valence-electron chi connectivity index (χ1n) is 9.91. The summed E-state index contributed by atoms with van der Waals surface area (Å²) in [6.07, 6.45) is 0.625. The van der Waals surface area contributed by atoms with Gasteiger partial charge in [-0.1, -0.05) is 49.4 Å². The number of amides is 2. The Morgan fingerprint density at radius 1 is 0.903 bits per heavy atom. The molecule has 2 heterocycles. The van der Waals surface area contributed by atoms with E-state index >= 15 is 0 Å². The summed E-state index contributed by atoms with van der Waals surface area (Å²) in [5.74, 6) is -0.192. The molecule has 0 atom stereocenters. The van der Waals surface area contributed by atoms with Crippen molar-refractivity contribution in [2.45, 2.75) is 19.8 Å². The van der Waals surface area contributed by atoms with Crippen LogP contribution in [-0.4, -0.2) is 16.8 Å². The van der Waals surface area contributed by atoms with Gasteiger partial charge in [-0.25, -0.2) is 4.98 Å². The highest BCUT2D eigenvalue weighted by molar-refractivity contribution is 7.17. The average Bonchev–Trinajstić information content (AvgIpc) is 3.44. The van der Waals surface area contributed by atoms with Crippen LogP contribution in [0.3, 0.4) is 0 Å². The first-order valence-corrected chi connectivity index (χ1v) is 11.6. The number of anilines is 2. The summed E-state index contributed by atoms with van der Waals surface area (Å²) in [6, 6.07) is 21.2. The van der Waals surface area contributed by atoms with Gasteiger partial charge in [-0.3, -0.25) is 9.59 Å². The predicted molar refractivity (Wildman–Crippen MR) is 129 cm³/mol. The fraction of sp³-hybridized carbons (Fsp3) is 0.125. The minimum absolute atomic E-state index is 0.0674. The maximum Gasteiger partial charge on any atom is 0.229 e. The van der Waals surface area contributed by atoms with Crippen molar-refractivity contribution in [3.8, 4) is 21.1 Å². The third kappa shape index (κ3) is 5.25. The van der Waals surface area contributed by atoms with Crippen molar-refractivity contribution >= 4 is 45.9 Å². The van der Waals surface area contributed by atoms with E-state index in [1.54, 1.807) is 47.8 Å². The summed E-state index contributed by atoms with van der Waals surface area (Å²) in [5, 5.41) is 8.65. The molecule has 0 fully saturated rings. The molecule has 4 aromatic rings. The quantitative estimate of drug-likeness (QED) is 0.361. The lowest BCUT2D eigenvalue weighted by Crippen LogP contribution is -2.15. The first-order chi connectivity index (χ1) is 15.1. The first kappa shape index (κ1) is 21.0. The molecule has 31 heavy (non-hydrogen) atoms. The van der Waals surface area contributed by atoms with Gasteiger partial charge in [0.05, 0.1) is 17.0 Å². The van der Waals surface area contributed by atoms with E-state index in [0.717, 1.165) is 26.0 Å². The Balaban J connectivity index is 1.55. The van der Waals surface area contributed by atoms with Crippen LogP contribution in [0.5, 0.6) is 0 Å². The van der Waals surface area contributed by atoms with E-state index in [0.29, 0.717) is 17.8 Å². The van der Waals surface area contributed by atoms with Crippen LogP contribution >= 0.6 is 22.7 Å². The zero-order valence-electron chi connectivity index (χ0n) is 16.9.